The summed E-state index contributed by atoms with van der Waals surface area (Å²) in [4.78, 5) is 1.13. The van der Waals surface area contributed by atoms with E-state index in [-0.39, 0.29) is 6.04 Å². The Morgan fingerprint density at radius 2 is 2.46 bits per heavy atom. The molecule has 2 nitrogen and oxygen atoms in total. The molecule has 70 valence electrons. The Balaban J connectivity index is 2.62. The Kier molecular flexibility index (Phi) is 4.26. The molecule has 1 rings (SSSR count). The van der Waals surface area contributed by atoms with Crippen molar-refractivity contribution < 1.29 is 0 Å². The highest BCUT2D eigenvalue weighted by Gasteiger charge is 2.09. The summed E-state index contributed by atoms with van der Waals surface area (Å²) in [6.07, 6.45) is 5.14. The van der Waals surface area contributed by atoms with Gasteiger partial charge in [-0.05, 0) is 12.1 Å². The highest BCUT2D eigenvalue weighted by molar-refractivity contribution is 7.16. The van der Waals surface area contributed by atoms with Gasteiger partial charge in [-0.3, -0.25) is 5.32 Å². The Morgan fingerprint density at radius 1 is 1.69 bits per heavy atom. The zero-order valence-corrected chi connectivity index (χ0v) is 8.66. The van der Waals surface area contributed by atoms with Gasteiger partial charge in [0.25, 0.3) is 0 Å². The first-order valence-corrected chi connectivity index (χ1v) is 5.09. The van der Waals surface area contributed by atoms with Crippen LogP contribution in [0.25, 0.3) is 0 Å². The molecule has 1 heterocycles. The summed E-state index contributed by atoms with van der Waals surface area (Å²) in [5, 5.41) is 3.14. The fraction of sp³-hybridized carbons (Fsp3) is 0.333. The van der Waals surface area contributed by atoms with Gasteiger partial charge >= 0.3 is 0 Å². The van der Waals surface area contributed by atoms with E-state index in [0.29, 0.717) is 13.1 Å². The summed E-state index contributed by atoms with van der Waals surface area (Å²) >= 11 is 7.33. The van der Waals surface area contributed by atoms with E-state index in [1.165, 1.54) is 11.3 Å². The van der Waals surface area contributed by atoms with Gasteiger partial charge < -0.3 is 5.73 Å². The van der Waals surface area contributed by atoms with Crippen molar-refractivity contribution in [2.45, 2.75) is 6.04 Å². The van der Waals surface area contributed by atoms with E-state index >= 15 is 0 Å². The van der Waals surface area contributed by atoms with E-state index in [0.717, 1.165) is 9.21 Å². The second-order valence-electron chi connectivity index (χ2n) is 2.52. The molecule has 13 heavy (non-hydrogen) atoms. The lowest BCUT2D eigenvalue weighted by Crippen LogP contribution is -2.27. The highest BCUT2D eigenvalue weighted by atomic mass is 35.5. The maximum absolute atomic E-state index is 5.81. The fourth-order valence-corrected chi connectivity index (χ4v) is 2.15. The molecule has 0 aliphatic rings. The average Bonchev–Trinajstić information content (AvgIpc) is 2.54. The van der Waals surface area contributed by atoms with Crippen LogP contribution in [0.4, 0.5) is 0 Å². The molecule has 0 saturated carbocycles. The summed E-state index contributed by atoms with van der Waals surface area (Å²) in [5.41, 5.74) is 5.59. The molecular weight excluding hydrogens is 204 g/mol. The van der Waals surface area contributed by atoms with Crippen molar-refractivity contribution >= 4 is 22.9 Å². The number of hydrogen-bond acceptors (Lipinski definition) is 3. The lowest BCUT2D eigenvalue weighted by Gasteiger charge is -2.12. The van der Waals surface area contributed by atoms with Crippen molar-refractivity contribution in [3.63, 3.8) is 0 Å². The van der Waals surface area contributed by atoms with E-state index in [9.17, 15) is 0 Å². The number of rotatable bonds is 4. The molecule has 0 spiro atoms. The number of nitrogens with one attached hydrogen (secondary N) is 1. The fourth-order valence-electron chi connectivity index (χ4n) is 0.998. The predicted octanol–water partition coefficient (Wildman–Crippen LogP) is 1.62. The Bertz CT molecular complexity index is 303. The van der Waals surface area contributed by atoms with Gasteiger partial charge in [-0.25, -0.2) is 0 Å². The first-order chi connectivity index (χ1) is 6.27. The molecular formula is C9H11ClN2S. The summed E-state index contributed by atoms with van der Waals surface area (Å²) in [7, 11) is 0. The van der Waals surface area contributed by atoms with Crippen molar-refractivity contribution in [1.29, 1.82) is 0 Å². The summed E-state index contributed by atoms with van der Waals surface area (Å²) in [6, 6.07) is 3.95. The lowest BCUT2D eigenvalue weighted by atomic mass is 10.2. The molecule has 1 atom stereocenters. The third-order valence-electron chi connectivity index (χ3n) is 1.62. The van der Waals surface area contributed by atoms with Crippen molar-refractivity contribution in [3.8, 4) is 12.3 Å². The maximum atomic E-state index is 5.81. The third-order valence-corrected chi connectivity index (χ3v) is 2.97. The van der Waals surface area contributed by atoms with Crippen molar-refractivity contribution in [2.75, 3.05) is 13.1 Å². The van der Waals surface area contributed by atoms with Crippen LogP contribution in [0.5, 0.6) is 0 Å². The van der Waals surface area contributed by atoms with Crippen LogP contribution < -0.4 is 11.1 Å². The van der Waals surface area contributed by atoms with Gasteiger partial charge in [-0.1, -0.05) is 17.5 Å². The van der Waals surface area contributed by atoms with E-state index in [1.807, 2.05) is 12.1 Å². The van der Waals surface area contributed by atoms with E-state index < -0.39 is 0 Å². The van der Waals surface area contributed by atoms with E-state index in [2.05, 4.69) is 11.2 Å². The second-order valence-corrected chi connectivity index (χ2v) is 4.26. The van der Waals surface area contributed by atoms with Gasteiger partial charge in [0.05, 0.1) is 16.9 Å². The molecule has 1 aromatic heterocycles. The first-order valence-electron chi connectivity index (χ1n) is 3.90. The molecule has 0 aliphatic carbocycles. The quantitative estimate of drug-likeness (QED) is 0.748. The molecule has 0 aliphatic heterocycles. The van der Waals surface area contributed by atoms with Gasteiger partial charge in [-0.15, -0.1) is 17.8 Å². The molecule has 4 heteroatoms. The highest BCUT2D eigenvalue weighted by Crippen LogP contribution is 2.26. The normalized spacial score (nSPS) is 12.4. The Hall–Kier alpha value is -0.530. The maximum Gasteiger partial charge on any atom is 0.0931 e. The lowest BCUT2D eigenvalue weighted by molar-refractivity contribution is 0.591. The smallest absolute Gasteiger partial charge is 0.0931 e. The largest absolute Gasteiger partial charge is 0.329 e. The standard InChI is InChI=1S/C9H11ClN2S/c1-2-5-12-7(6-11)8-3-4-9(10)13-8/h1,3-4,7,12H,5-6,11H2. The summed E-state index contributed by atoms with van der Waals surface area (Å²) < 4.78 is 0.774. The molecule has 0 radical (unpaired) electrons. The number of terminal acetylenes is 1. The van der Waals surface area contributed by atoms with Gasteiger partial charge in [-0.2, -0.15) is 0 Å². The molecule has 0 fully saturated rings. The average molecular weight is 215 g/mol. The van der Waals surface area contributed by atoms with Gasteiger partial charge in [0.1, 0.15) is 0 Å². The van der Waals surface area contributed by atoms with Gasteiger partial charge in [0.2, 0.25) is 0 Å². The topological polar surface area (TPSA) is 38.0 Å². The van der Waals surface area contributed by atoms with Gasteiger partial charge in [0, 0.05) is 11.4 Å². The SMILES string of the molecule is C#CCNC(CN)c1ccc(Cl)s1. The second kappa shape index (κ2) is 5.25. The van der Waals surface area contributed by atoms with Crippen LogP contribution in [-0.2, 0) is 0 Å². The van der Waals surface area contributed by atoms with Crippen LogP contribution in [0.15, 0.2) is 12.1 Å². The van der Waals surface area contributed by atoms with Crippen molar-refractivity contribution in [2.24, 2.45) is 5.73 Å². The number of nitrogens with two attached hydrogens (primary N) is 1. The predicted molar refractivity (Wildman–Crippen MR) is 58.0 cm³/mol. The van der Waals surface area contributed by atoms with Crippen LogP contribution in [0.1, 0.15) is 10.9 Å². The van der Waals surface area contributed by atoms with Crippen LogP contribution in [0.3, 0.4) is 0 Å². The number of thiophene rings is 1. The molecule has 1 aromatic rings. The molecule has 0 bridgehead atoms. The van der Waals surface area contributed by atoms with Crippen LogP contribution in [-0.4, -0.2) is 13.1 Å². The zero-order valence-electron chi connectivity index (χ0n) is 7.09. The van der Waals surface area contributed by atoms with Crippen LogP contribution in [0.2, 0.25) is 4.34 Å². The minimum Gasteiger partial charge on any atom is -0.329 e. The summed E-state index contributed by atoms with van der Waals surface area (Å²) in [6.45, 7) is 1.05. The molecule has 3 N–H and O–H groups in total. The summed E-state index contributed by atoms with van der Waals surface area (Å²) in [5.74, 6) is 2.51. The minimum atomic E-state index is 0.119. The van der Waals surface area contributed by atoms with E-state index in [4.69, 9.17) is 23.8 Å². The Labute approximate surface area is 87.1 Å². The number of halogens is 1. The zero-order chi connectivity index (χ0) is 9.68. The van der Waals surface area contributed by atoms with Crippen molar-refractivity contribution in [3.05, 3.63) is 21.3 Å². The van der Waals surface area contributed by atoms with Crippen LogP contribution in [0, 0.1) is 12.3 Å². The van der Waals surface area contributed by atoms with Gasteiger partial charge in [0.15, 0.2) is 0 Å². The van der Waals surface area contributed by atoms with Crippen molar-refractivity contribution in [1.82, 2.24) is 5.32 Å². The number of hydrogen-bond donors (Lipinski definition) is 2. The van der Waals surface area contributed by atoms with E-state index in [1.54, 1.807) is 0 Å². The molecule has 0 amide bonds. The molecule has 0 saturated heterocycles. The first kappa shape index (κ1) is 10.6. The molecule has 0 aromatic carbocycles. The molecule has 1 unspecified atom stereocenters. The Morgan fingerprint density at radius 3 is 2.92 bits per heavy atom. The third kappa shape index (κ3) is 3.02. The minimum absolute atomic E-state index is 0.119. The van der Waals surface area contributed by atoms with Crippen LogP contribution >= 0.6 is 22.9 Å². The monoisotopic (exact) mass is 214 g/mol.